The largest absolute Gasteiger partial charge is 0.449 e. The van der Waals surface area contributed by atoms with Crippen LogP contribution < -0.4 is 0 Å². The summed E-state index contributed by atoms with van der Waals surface area (Å²) >= 11 is 0. The second-order valence-electron chi connectivity index (χ2n) is 3.47. The lowest BCUT2D eigenvalue weighted by Crippen LogP contribution is -2.53. The zero-order chi connectivity index (χ0) is 10.6. The van der Waals surface area contributed by atoms with Crippen molar-refractivity contribution in [1.29, 1.82) is 5.26 Å². The zero-order valence-electron chi connectivity index (χ0n) is 8.75. The van der Waals surface area contributed by atoms with E-state index in [0.29, 0.717) is 26.0 Å². The molecule has 1 rings (SSSR count). The highest BCUT2D eigenvalue weighted by Gasteiger charge is 2.39. The quantitative estimate of drug-likeness (QED) is 0.692. The maximum atomic E-state index is 11.5. The van der Waals surface area contributed by atoms with Crippen molar-refractivity contribution in [2.45, 2.75) is 38.6 Å². The average molecular weight is 196 g/mol. The third-order valence-electron chi connectivity index (χ3n) is 2.87. The van der Waals surface area contributed by atoms with Crippen LogP contribution >= 0.6 is 0 Å². The SMILES string of the molecule is CCC(C#N)(CC)N1CCCOC1=O. The predicted octanol–water partition coefficient (Wildman–Crippen LogP) is 1.91. The molecule has 0 saturated carbocycles. The van der Waals surface area contributed by atoms with Gasteiger partial charge in [0.15, 0.2) is 0 Å². The second kappa shape index (κ2) is 4.32. The van der Waals surface area contributed by atoms with E-state index in [1.807, 2.05) is 13.8 Å². The van der Waals surface area contributed by atoms with Gasteiger partial charge in [0.25, 0.3) is 0 Å². The topological polar surface area (TPSA) is 53.3 Å². The van der Waals surface area contributed by atoms with Gasteiger partial charge in [-0.2, -0.15) is 5.26 Å². The number of amides is 1. The Morgan fingerprint density at radius 2 is 2.21 bits per heavy atom. The Labute approximate surface area is 84.4 Å². The molecule has 14 heavy (non-hydrogen) atoms. The van der Waals surface area contributed by atoms with E-state index in [0.717, 1.165) is 6.42 Å². The van der Waals surface area contributed by atoms with Crippen molar-refractivity contribution < 1.29 is 9.53 Å². The molecule has 1 aliphatic rings. The van der Waals surface area contributed by atoms with Crippen LogP contribution in [0.2, 0.25) is 0 Å². The van der Waals surface area contributed by atoms with Crippen molar-refractivity contribution in [2.75, 3.05) is 13.2 Å². The smallest absolute Gasteiger partial charge is 0.411 e. The molecule has 0 N–H and O–H groups in total. The van der Waals surface area contributed by atoms with Gasteiger partial charge in [0.2, 0.25) is 0 Å². The predicted molar refractivity (Wildman–Crippen MR) is 51.6 cm³/mol. The van der Waals surface area contributed by atoms with Gasteiger partial charge < -0.3 is 4.74 Å². The molecule has 0 atom stereocenters. The molecule has 4 heteroatoms. The van der Waals surface area contributed by atoms with Crippen molar-refractivity contribution in [2.24, 2.45) is 0 Å². The van der Waals surface area contributed by atoms with Crippen LogP contribution in [0.1, 0.15) is 33.1 Å². The van der Waals surface area contributed by atoms with E-state index < -0.39 is 5.54 Å². The molecular formula is C10H16N2O2. The van der Waals surface area contributed by atoms with E-state index in [2.05, 4.69) is 6.07 Å². The lowest BCUT2D eigenvalue weighted by molar-refractivity contribution is 0.0345. The van der Waals surface area contributed by atoms with Crippen molar-refractivity contribution in [3.05, 3.63) is 0 Å². The fraction of sp³-hybridized carbons (Fsp3) is 0.800. The molecule has 1 heterocycles. The number of nitrogens with zero attached hydrogens (tertiary/aromatic N) is 2. The van der Waals surface area contributed by atoms with Crippen molar-refractivity contribution in [3.8, 4) is 6.07 Å². The Bertz CT molecular complexity index is 253. The molecule has 78 valence electrons. The molecule has 0 aromatic heterocycles. The van der Waals surface area contributed by atoms with Gasteiger partial charge in [0.1, 0.15) is 5.54 Å². The first-order valence-corrected chi connectivity index (χ1v) is 5.06. The summed E-state index contributed by atoms with van der Waals surface area (Å²) in [6.45, 7) is 4.96. The molecule has 1 fully saturated rings. The number of hydrogen-bond donors (Lipinski definition) is 0. The van der Waals surface area contributed by atoms with Gasteiger partial charge in [0.05, 0.1) is 12.7 Å². The number of cyclic esters (lactones) is 1. The third-order valence-corrected chi connectivity index (χ3v) is 2.87. The van der Waals surface area contributed by atoms with Crippen LogP contribution in [0.15, 0.2) is 0 Å². The van der Waals surface area contributed by atoms with E-state index in [9.17, 15) is 4.79 Å². The summed E-state index contributed by atoms with van der Waals surface area (Å²) in [7, 11) is 0. The molecule has 0 spiro atoms. The number of carbonyl (C=O) groups is 1. The molecule has 0 aliphatic carbocycles. The maximum absolute atomic E-state index is 11.5. The van der Waals surface area contributed by atoms with Gasteiger partial charge in [-0.15, -0.1) is 0 Å². The normalized spacial score (nSPS) is 17.5. The first-order valence-electron chi connectivity index (χ1n) is 5.06. The summed E-state index contributed by atoms with van der Waals surface area (Å²) in [6.07, 6.45) is 1.76. The number of carbonyl (C=O) groups excluding carboxylic acids is 1. The Morgan fingerprint density at radius 3 is 2.64 bits per heavy atom. The van der Waals surface area contributed by atoms with Crippen LogP contribution in [0.5, 0.6) is 0 Å². The van der Waals surface area contributed by atoms with Gasteiger partial charge in [-0.05, 0) is 19.3 Å². The van der Waals surface area contributed by atoms with Gasteiger partial charge in [-0.3, -0.25) is 4.90 Å². The minimum Gasteiger partial charge on any atom is -0.449 e. The number of nitriles is 1. The summed E-state index contributed by atoms with van der Waals surface area (Å²) in [5.41, 5.74) is -0.669. The maximum Gasteiger partial charge on any atom is 0.411 e. The highest BCUT2D eigenvalue weighted by molar-refractivity contribution is 5.70. The molecule has 0 aromatic rings. The molecule has 1 saturated heterocycles. The van der Waals surface area contributed by atoms with Crippen molar-refractivity contribution >= 4 is 6.09 Å². The Balaban J connectivity index is 2.87. The van der Waals surface area contributed by atoms with Gasteiger partial charge in [0, 0.05) is 6.54 Å². The summed E-state index contributed by atoms with van der Waals surface area (Å²) in [6, 6.07) is 2.24. The molecule has 0 aromatic carbocycles. The molecular weight excluding hydrogens is 180 g/mol. The van der Waals surface area contributed by atoms with Crippen molar-refractivity contribution in [1.82, 2.24) is 4.90 Å². The molecule has 0 radical (unpaired) electrons. The van der Waals surface area contributed by atoms with Crippen LogP contribution in [0.3, 0.4) is 0 Å². The van der Waals surface area contributed by atoms with Crippen LogP contribution in [-0.4, -0.2) is 29.7 Å². The van der Waals surface area contributed by atoms with E-state index >= 15 is 0 Å². The fourth-order valence-electron chi connectivity index (χ4n) is 1.79. The van der Waals surface area contributed by atoms with Crippen LogP contribution in [0.25, 0.3) is 0 Å². The number of ether oxygens (including phenoxy) is 1. The second-order valence-corrected chi connectivity index (χ2v) is 3.47. The molecule has 1 amide bonds. The van der Waals surface area contributed by atoms with E-state index in [4.69, 9.17) is 10.00 Å². The summed E-state index contributed by atoms with van der Waals surface area (Å²) in [5, 5.41) is 9.15. The first-order chi connectivity index (χ1) is 6.70. The summed E-state index contributed by atoms with van der Waals surface area (Å²) < 4.78 is 4.94. The monoisotopic (exact) mass is 196 g/mol. The van der Waals surface area contributed by atoms with Crippen molar-refractivity contribution in [3.63, 3.8) is 0 Å². The zero-order valence-corrected chi connectivity index (χ0v) is 8.75. The molecule has 4 nitrogen and oxygen atoms in total. The van der Waals surface area contributed by atoms with E-state index in [-0.39, 0.29) is 6.09 Å². The van der Waals surface area contributed by atoms with Crippen LogP contribution in [0.4, 0.5) is 4.79 Å². The number of rotatable bonds is 3. The van der Waals surface area contributed by atoms with Gasteiger partial charge in [-0.1, -0.05) is 13.8 Å². The Kier molecular flexibility index (Phi) is 3.34. The Hall–Kier alpha value is -1.24. The van der Waals surface area contributed by atoms with E-state index in [1.165, 1.54) is 0 Å². The van der Waals surface area contributed by atoms with Crippen LogP contribution in [0, 0.1) is 11.3 Å². The summed E-state index contributed by atoms with van der Waals surface area (Å²) in [4.78, 5) is 13.0. The minimum atomic E-state index is -0.669. The average Bonchev–Trinajstić information content (AvgIpc) is 2.24. The van der Waals surface area contributed by atoms with Gasteiger partial charge >= 0.3 is 6.09 Å². The Morgan fingerprint density at radius 1 is 1.57 bits per heavy atom. The third kappa shape index (κ3) is 1.67. The minimum absolute atomic E-state index is 0.346. The van der Waals surface area contributed by atoms with E-state index in [1.54, 1.807) is 4.90 Å². The van der Waals surface area contributed by atoms with Crippen LogP contribution in [-0.2, 0) is 4.74 Å². The highest BCUT2D eigenvalue weighted by atomic mass is 16.6. The molecule has 0 bridgehead atoms. The molecule has 0 unspecified atom stereocenters. The lowest BCUT2D eigenvalue weighted by atomic mass is 9.92. The van der Waals surface area contributed by atoms with Gasteiger partial charge in [-0.25, -0.2) is 4.79 Å². The number of hydrogen-bond acceptors (Lipinski definition) is 3. The highest BCUT2D eigenvalue weighted by Crippen LogP contribution is 2.26. The fourth-order valence-corrected chi connectivity index (χ4v) is 1.79. The summed E-state index contributed by atoms with van der Waals surface area (Å²) in [5.74, 6) is 0. The lowest BCUT2D eigenvalue weighted by Gasteiger charge is -2.38. The molecule has 1 aliphatic heterocycles. The standard InChI is InChI=1S/C10H16N2O2/c1-3-10(4-2,8-11)12-6-5-7-14-9(12)13/h3-7H2,1-2H3. The first kappa shape index (κ1) is 10.8.